The molecule has 2 atom stereocenters. The topological polar surface area (TPSA) is 83.3 Å². The van der Waals surface area contributed by atoms with E-state index < -0.39 is 23.5 Å². The lowest BCUT2D eigenvalue weighted by molar-refractivity contribution is -0.896. The zero-order chi connectivity index (χ0) is 28.2. The molecule has 1 saturated heterocycles. The van der Waals surface area contributed by atoms with Crippen LogP contribution in [0.5, 0.6) is 17.2 Å². The molecule has 2 aliphatic rings. The molecule has 5 rings (SSSR count). The SMILES string of the molecule is CC[NH+](CC)CCCN1C(=O)C(=O)C(=C([O-])c2ccc3c(c2)CC(C)O3)C1c1cccc(Oc2ccccc2)c1. The standard InChI is InChI=1S/C33H36N2O5/c1-4-34(5-2)17-10-18-35-30(23-11-9-14-27(21-23)40-26-12-7-6-8-13-26)29(32(37)33(35)38)31(36)24-15-16-28-25(20-24)19-22(3)39-28/h6-9,11-16,20-22,30,36H,4-5,10,17-19H2,1-3H3. The van der Waals surface area contributed by atoms with Gasteiger partial charge in [-0.2, -0.15) is 0 Å². The number of ether oxygens (including phenoxy) is 2. The monoisotopic (exact) mass is 540 g/mol. The van der Waals surface area contributed by atoms with Gasteiger partial charge in [0.25, 0.3) is 5.91 Å². The zero-order valence-electron chi connectivity index (χ0n) is 23.3. The minimum atomic E-state index is -0.790. The molecule has 0 saturated carbocycles. The van der Waals surface area contributed by atoms with Gasteiger partial charge in [-0.15, -0.1) is 0 Å². The Labute approximate surface area is 235 Å². The molecule has 1 N–H and O–H groups in total. The highest BCUT2D eigenvalue weighted by atomic mass is 16.5. The molecule has 1 amide bonds. The van der Waals surface area contributed by atoms with Crippen LogP contribution in [0.25, 0.3) is 5.76 Å². The Bertz CT molecular complexity index is 1410. The summed E-state index contributed by atoms with van der Waals surface area (Å²) in [6, 6.07) is 21.2. The van der Waals surface area contributed by atoms with Gasteiger partial charge in [-0.25, -0.2) is 0 Å². The molecule has 208 valence electrons. The van der Waals surface area contributed by atoms with Crippen LogP contribution < -0.4 is 19.5 Å². The number of ketones is 1. The summed E-state index contributed by atoms with van der Waals surface area (Å²) in [5, 5.41) is 14.0. The summed E-state index contributed by atoms with van der Waals surface area (Å²) in [6.45, 7) is 9.49. The molecule has 0 bridgehead atoms. The van der Waals surface area contributed by atoms with Gasteiger partial charge in [0.15, 0.2) is 0 Å². The first-order chi connectivity index (χ1) is 19.4. The van der Waals surface area contributed by atoms with Crippen LogP contribution in [0, 0.1) is 0 Å². The van der Waals surface area contributed by atoms with Crippen LogP contribution in [0.15, 0.2) is 78.4 Å². The predicted octanol–water partition coefficient (Wildman–Crippen LogP) is 3.34. The van der Waals surface area contributed by atoms with Gasteiger partial charge in [-0.3, -0.25) is 9.59 Å². The van der Waals surface area contributed by atoms with E-state index in [0.29, 0.717) is 35.6 Å². The molecule has 3 aromatic carbocycles. The number of likely N-dealkylation sites (tertiary alicyclic amines) is 1. The molecular weight excluding hydrogens is 504 g/mol. The Morgan fingerprint density at radius 3 is 2.50 bits per heavy atom. The van der Waals surface area contributed by atoms with Gasteiger partial charge in [0.1, 0.15) is 23.4 Å². The summed E-state index contributed by atoms with van der Waals surface area (Å²) in [6.07, 6.45) is 1.45. The molecule has 2 unspecified atom stereocenters. The van der Waals surface area contributed by atoms with Crippen molar-refractivity contribution in [2.24, 2.45) is 0 Å². The molecule has 1 fully saturated rings. The second-order valence-electron chi connectivity index (χ2n) is 10.5. The summed E-state index contributed by atoms with van der Waals surface area (Å²) in [5.74, 6) is 0.216. The molecule has 3 aromatic rings. The summed E-state index contributed by atoms with van der Waals surface area (Å²) in [7, 11) is 0. The van der Waals surface area contributed by atoms with E-state index in [9.17, 15) is 14.7 Å². The summed E-state index contributed by atoms with van der Waals surface area (Å²) < 4.78 is 11.8. The van der Waals surface area contributed by atoms with Crippen molar-refractivity contribution in [3.05, 3.63) is 95.1 Å². The average molecular weight is 541 g/mol. The second-order valence-corrected chi connectivity index (χ2v) is 10.5. The predicted molar refractivity (Wildman–Crippen MR) is 151 cm³/mol. The number of fused-ring (bicyclic) bond motifs is 1. The van der Waals surface area contributed by atoms with Crippen LogP contribution in [0.3, 0.4) is 0 Å². The number of para-hydroxylation sites is 1. The van der Waals surface area contributed by atoms with Crippen molar-refractivity contribution in [1.82, 2.24) is 4.90 Å². The Morgan fingerprint density at radius 2 is 1.75 bits per heavy atom. The van der Waals surface area contributed by atoms with Crippen LogP contribution >= 0.6 is 0 Å². The number of Topliss-reactive ketones (excluding diaryl/α,β-unsaturated/α-hetero) is 1. The van der Waals surface area contributed by atoms with E-state index in [2.05, 4.69) is 13.8 Å². The second kappa shape index (κ2) is 12.0. The molecule has 7 heteroatoms. The van der Waals surface area contributed by atoms with Crippen molar-refractivity contribution in [3.8, 4) is 17.2 Å². The Hall–Kier alpha value is -4.10. The van der Waals surface area contributed by atoms with Crippen molar-refractivity contribution in [1.29, 1.82) is 0 Å². The number of carbonyl (C=O) groups excluding carboxylic acids is 2. The van der Waals surface area contributed by atoms with Crippen LogP contribution in [-0.4, -0.2) is 48.9 Å². The molecule has 0 aromatic heterocycles. The maximum absolute atomic E-state index is 14.0. The van der Waals surface area contributed by atoms with Crippen LogP contribution in [-0.2, 0) is 16.0 Å². The van der Waals surface area contributed by atoms with Gasteiger partial charge in [0, 0.05) is 25.0 Å². The first kappa shape index (κ1) is 27.5. The van der Waals surface area contributed by atoms with Crippen LogP contribution in [0.1, 0.15) is 49.9 Å². The molecule has 2 aliphatic heterocycles. The van der Waals surface area contributed by atoms with Gasteiger partial charge < -0.3 is 24.4 Å². The zero-order valence-corrected chi connectivity index (χ0v) is 23.3. The van der Waals surface area contributed by atoms with E-state index in [1.165, 1.54) is 4.90 Å². The van der Waals surface area contributed by atoms with E-state index in [-0.39, 0.29) is 11.7 Å². The third kappa shape index (κ3) is 5.61. The molecule has 40 heavy (non-hydrogen) atoms. The van der Waals surface area contributed by atoms with Crippen molar-refractivity contribution in [2.75, 3.05) is 26.2 Å². The lowest BCUT2D eigenvalue weighted by atomic mass is 9.94. The van der Waals surface area contributed by atoms with Gasteiger partial charge in [-0.1, -0.05) is 42.2 Å². The Morgan fingerprint density at radius 1 is 1.00 bits per heavy atom. The summed E-state index contributed by atoms with van der Waals surface area (Å²) in [4.78, 5) is 29.9. The molecule has 0 radical (unpaired) electrons. The number of hydrogen-bond donors (Lipinski definition) is 1. The molecular formula is C33H36N2O5. The maximum Gasteiger partial charge on any atom is 0.295 e. The molecule has 0 aliphatic carbocycles. The largest absolute Gasteiger partial charge is 0.872 e. The number of rotatable bonds is 10. The van der Waals surface area contributed by atoms with Crippen LogP contribution in [0.4, 0.5) is 0 Å². The Kier molecular flexibility index (Phi) is 8.21. The van der Waals surface area contributed by atoms with E-state index in [0.717, 1.165) is 37.4 Å². The fourth-order valence-corrected chi connectivity index (χ4v) is 5.64. The van der Waals surface area contributed by atoms with Crippen molar-refractivity contribution >= 4 is 17.4 Å². The molecule has 7 nitrogen and oxygen atoms in total. The lowest BCUT2D eigenvalue weighted by Gasteiger charge is -2.28. The van der Waals surface area contributed by atoms with Gasteiger partial charge in [0.05, 0.1) is 25.7 Å². The minimum Gasteiger partial charge on any atom is -0.872 e. The highest BCUT2D eigenvalue weighted by molar-refractivity contribution is 6.46. The van der Waals surface area contributed by atoms with Crippen LogP contribution in [0.2, 0.25) is 0 Å². The third-order valence-corrected chi connectivity index (χ3v) is 7.77. The van der Waals surface area contributed by atoms with Crippen molar-refractivity contribution < 1.29 is 29.1 Å². The first-order valence-corrected chi connectivity index (χ1v) is 14.1. The van der Waals surface area contributed by atoms with E-state index in [4.69, 9.17) is 9.47 Å². The third-order valence-electron chi connectivity index (χ3n) is 7.77. The smallest absolute Gasteiger partial charge is 0.295 e. The van der Waals surface area contributed by atoms with Crippen molar-refractivity contribution in [3.63, 3.8) is 0 Å². The first-order valence-electron chi connectivity index (χ1n) is 14.1. The lowest BCUT2D eigenvalue weighted by Crippen LogP contribution is -3.11. The Balaban J connectivity index is 1.54. The molecule has 2 heterocycles. The normalized spacial score (nSPS) is 19.6. The average Bonchev–Trinajstić information content (AvgIpc) is 3.46. The van der Waals surface area contributed by atoms with Crippen molar-refractivity contribution in [2.45, 2.75) is 45.8 Å². The number of benzene rings is 3. The number of amides is 1. The number of nitrogens with one attached hydrogen (secondary N) is 1. The number of hydrogen-bond acceptors (Lipinski definition) is 5. The highest BCUT2D eigenvalue weighted by Gasteiger charge is 2.44. The fourth-order valence-electron chi connectivity index (χ4n) is 5.64. The maximum atomic E-state index is 14.0. The molecule has 0 spiro atoms. The number of nitrogens with zero attached hydrogens (tertiary/aromatic N) is 1. The van der Waals surface area contributed by atoms with Gasteiger partial charge >= 0.3 is 0 Å². The highest BCUT2D eigenvalue weighted by Crippen LogP contribution is 2.41. The van der Waals surface area contributed by atoms with E-state index in [1.54, 1.807) is 23.1 Å². The fraction of sp³-hybridized carbons (Fsp3) is 0.333. The number of carbonyl (C=O) groups is 2. The van der Waals surface area contributed by atoms with E-state index >= 15 is 0 Å². The summed E-state index contributed by atoms with van der Waals surface area (Å²) in [5.41, 5.74) is 1.99. The van der Waals surface area contributed by atoms with Gasteiger partial charge in [-0.05, 0) is 73.9 Å². The quantitative estimate of drug-likeness (QED) is 0.242. The number of quaternary nitrogens is 1. The summed E-state index contributed by atoms with van der Waals surface area (Å²) >= 11 is 0. The van der Waals surface area contributed by atoms with E-state index in [1.807, 2.05) is 61.5 Å². The minimum absolute atomic E-state index is 0.0102. The van der Waals surface area contributed by atoms with Gasteiger partial charge in [0.2, 0.25) is 5.78 Å².